The second kappa shape index (κ2) is 6.81. The Bertz CT molecular complexity index is 601. The van der Waals surface area contributed by atoms with Crippen LogP contribution in [-0.4, -0.2) is 30.2 Å². The summed E-state index contributed by atoms with van der Waals surface area (Å²) in [6.07, 6.45) is 5.14. The number of anilines is 1. The number of nitrogens with zero attached hydrogens (tertiary/aromatic N) is 2. The molecule has 2 aromatic rings. The van der Waals surface area contributed by atoms with E-state index in [9.17, 15) is 10.1 Å². The lowest BCUT2D eigenvalue weighted by molar-refractivity contribution is -0.383. The van der Waals surface area contributed by atoms with Gasteiger partial charge in [0.2, 0.25) is 0 Å². The molecule has 106 valence electrons. The number of rotatable bonds is 7. The molecular weight excluding hydrogens is 258 g/mol. The van der Waals surface area contributed by atoms with Crippen molar-refractivity contribution in [1.82, 2.24) is 4.98 Å². The normalized spacial score (nSPS) is 10.7. The van der Waals surface area contributed by atoms with Crippen LogP contribution in [0.2, 0.25) is 0 Å². The van der Waals surface area contributed by atoms with Gasteiger partial charge in [-0.2, -0.15) is 0 Å². The lowest BCUT2D eigenvalue weighted by atomic mass is 10.1. The monoisotopic (exact) mass is 275 g/mol. The Morgan fingerprint density at radius 1 is 1.30 bits per heavy atom. The van der Waals surface area contributed by atoms with Crippen molar-refractivity contribution in [2.45, 2.75) is 12.8 Å². The van der Waals surface area contributed by atoms with E-state index in [4.69, 9.17) is 4.74 Å². The van der Waals surface area contributed by atoms with Gasteiger partial charge in [-0.15, -0.1) is 0 Å². The summed E-state index contributed by atoms with van der Waals surface area (Å²) in [5, 5.41) is 15.7. The first-order valence-corrected chi connectivity index (χ1v) is 6.48. The Kier molecular flexibility index (Phi) is 4.84. The molecule has 1 N–H and O–H groups in total. The summed E-state index contributed by atoms with van der Waals surface area (Å²) in [5.74, 6) is 0. The van der Waals surface area contributed by atoms with E-state index in [0.29, 0.717) is 5.39 Å². The summed E-state index contributed by atoms with van der Waals surface area (Å²) in [4.78, 5) is 14.6. The number of pyridine rings is 1. The number of non-ortho nitro benzene ring substituents is 1. The SMILES string of the molecule is COCCCCNc1ccc([N+](=O)[O-])c2cnccc12. The van der Waals surface area contributed by atoms with Gasteiger partial charge in [-0.05, 0) is 25.0 Å². The van der Waals surface area contributed by atoms with Crippen LogP contribution in [0.5, 0.6) is 0 Å². The fourth-order valence-corrected chi connectivity index (χ4v) is 2.08. The molecule has 1 heterocycles. The number of unbranched alkanes of at least 4 members (excludes halogenated alkanes) is 1. The Balaban J connectivity index is 2.18. The molecule has 0 amide bonds. The highest BCUT2D eigenvalue weighted by Gasteiger charge is 2.13. The van der Waals surface area contributed by atoms with E-state index < -0.39 is 0 Å². The topological polar surface area (TPSA) is 77.3 Å². The highest BCUT2D eigenvalue weighted by Crippen LogP contribution is 2.30. The maximum absolute atomic E-state index is 11.0. The lowest BCUT2D eigenvalue weighted by Gasteiger charge is -2.09. The highest BCUT2D eigenvalue weighted by molar-refractivity contribution is 5.99. The van der Waals surface area contributed by atoms with Crippen molar-refractivity contribution in [3.8, 4) is 0 Å². The molecule has 0 atom stereocenters. The molecule has 6 heteroatoms. The van der Waals surface area contributed by atoms with Crippen LogP contribution in [0.4, 0.5) is 11.4 Å². The van der Waals surface area contributed by atoms with Crippen molar-refractivity contribution in [2.75, 3.05) is 25.6 Å². The Morgan fingerprint density at radius 3 is 2.90 bits per heavy atom. The summed E-state index contributed by atoms with van der Waals surface area (Å²) in [6.45, 7) is 1.55. The highest BCUT2D eigenvalue weighted by atomic mass is 16.6. The number of aromatic nitrogens is 1. The van der Waals surface area contributed by atoms with Crippen molar-refractivity contribution in [3.63, 3.8) is 0 Å². The Morgan fingerprint density at radius 2 is 2.15 bits per heavy atom. The van der Waals surface area contributed by atoms with Crippen molar-refractivity contribution in [3.05, 3.63) is 40.7 Å². The molecule has 0 saturated heterocycles. The van der Waals surface area contributed by atoms with Gasteiger partial charge < -0.3 is 10.1 Å². The van der Waals surface area contributed by atoms with Crippen LogP contribution in [-0.2, 0) is 4.74 Å². The molecular formula is C14H17N3O3. The number of ether oxygens (including phenoxy) is 1. The zero-order valence-electron chi connectivity index (χ0n) is 11.3. The molecule has 0 aliphatic rings. The molecule has 0 fully saturated rings. The molecule has 0 saturated carbocycles. The van der Waals surface area contributed by atoms with E-state index in [1.165, 1.54) is 12.3 Å². The first-order chi connectivity index (χ1) is 9.74. The predicted octanol–water partition coefficient (Wildman–Crippen LogP) is 2.98. The van der Waals surface area contributed by atoms with Crippen LogP contribution in [0.1, 0.15) is 12.8 Å². The molecule has 0 aliphatic carbocycles. The summed E-state index contributed by atoms with van der Waals surface area (Å²) >= 11 is 0. The minimum absolute atomic E-state index is 0.0815. The van der Waals surface area contributed by atoms with E-state index in [1.807, 2.05) is 0 Å². The molecule has 20 heavy (non-hydrogen) atoms. The third-order valence-electron chi connectivity index (χ3n) is 3.08. The number of fused-ring (bicyclic) bond motifs is 1. The van der Waals surface area contributed by atoms with Crippen LogP contribution < -0.4 is 5.32 Å². The minimum atomic E-state index is -0.383. The molecule has 0 bridgehead atoms. The second-order valence-electron chi connectivity index (χ2n) is 4.44. The number of nitro groups is 1. The van der Waals surface area contributed by atoms with Gasteiger partial charge >= 0.3 is 0 Å². The minimum Gasteiger partial charge on any atom is -0.385 e. The maximum Gasteiger partial charge on any atom is 0.278 e. The zero-order chi connectivity index (χ0) is 14.4. The summed E-state index contributed by atoms with van der Waals surface area (Å²) in [6, 6.07) is 5.05. The quantitative estimate of drug-likeness (QED) is 0.477. The van der Waals surface area contributed by atoms with Gasteiger partial charge in [-0.1, -0.05) is 0 Å². The maximum atomic E-state index is 11.0. The molecule has 0 aliphatic heterocycles. The first-order valence-electron chi connectivity index (χ1n) is 6.48. The summed E-state index contributed by atoms with van der Waals surface area (Å²) in [7, 11) is 1.68. The van der Waals surface area contributed by atoms with Gasteiger partial charge in [0.15, 0.2) is 0 Å². The van der Waals surface area contributed by atoms with Crippen LogP contribution in [0.3, 0.4) is 0 Å². The molecule has 1 aromatic heterocycles. The van der Waals surface area contributed by atoms with E-state index >= 15 is 0 Å². The fourth-order valence-electron chi connectivity index (χ4n) is 2.08. The molecule has 0 spiro atoms. The summed E-state index contributed by atoms with van der Waals surface area (Å²) < 4.78 is 5.00. The number of nitro benzene ring substituents is 1. The largest absolute Gasteiger partial charge is 0.385 e. The van der Waals surface area contributed by atoms with Gasteiger partial charge in [0, 0.05) is 49.8 Å². The van der Waals surface area contributed by atoms with Crippen molar-refractivity contribution < 1.29 is 9.66 Å². The first kappa shape index (κ1) is 14.2. The van der Waals surface area contributed by atoms with Crippen LogP contribution >= 0.6 is 0 Å². The van der Waals surface area contributed by atoms with Gasteiger partial charge in [-0.3, -0.25) is 15.1 Å². The Labute approximate surface area is 116 Å². The number of methoxy groups -OCH3 is 1. The Hall–Kier alpha value is -2.21. The van der Waals surface area contributed by atoms with E-state index in [-0.39, 0.29) is 10.6 Å². The van der Waals surface area contributed by atoms with E-state index in [1.54, 1.807) is 25.4 Å². The van der Waals surface area contributed by atoms with Gasteiger partial charge in [0.25, 0.3) is 5.69 Å². The number of nitrogens with one attached hydrogen (secondary N) is 1. The number of benzene rings is 1. The van der Waals surface area contributed by atoms with Crippen molar-refractivity contribution >= 4 is 22.1 Å². The van der Waals surface area contributed by atoms with Gasteiger partial charge in [0.1, 0.15) is 0 Å². The molecule has 0 unspecified atom stereocenters. The number of hydrogen-bond acceptors (Lipinski definition) is 5. The van der Waals surface area contributed by atoms with Gasteiger partial charge in [0.05, 0.1) is 10.3 Å². The van der Waals surface area contributed by atoms with Crippen molar-refractivity contribution in [1.29, 1.82) is 0 Å². The van der Waals surface area contributed by atoms with E-state index in [2.05, 4.69) is 10.3 Å². The predicted molar refractivity (Wildman–Crippen MR) is 78.0 cm³/mol. The smallest absolute Gasteiger partial charge is 0.278 e. The molecule has 1 aromatic carbocycles. The molecule has 2 rings (SSSR count). The fraction of sp³-hybridized carbons (Fsp3) is 0.357. The average molecular weight is 275 g/mol. The van der Waals surface area contributed by atoms with Crippen LogP contribution in [0.15, 0.2) is 30.6 Å². The van der Waals surface area contributed by atoms with Gasteiger partial charge in [-0.25, -0.2) is 0 Å². The van der Waals surface area contributed by atoms with Crippen molar-refractivity contribution in [2.24, 2.45) is 0 Å². The lowest BCUT2D eigenvalue weighted by Crippen LogP contribution is -2.04. The molecule has 6 nitrogen and oxygen atoms in total. The zero-order valence-corrected chi connectivity index (χ0v) is 11.3. The number of hydrogen-bond donors (Lipinski definition) is 1. The van der Waals surface area contributed by atoms with Crippen LogP contribution in [0, 0.1) is 10.1 Å². The second-order valence-corrected chi connectivity index (χ2v) is 4.44. The summed E-state index contributed by atoms with van der Waals surface area (Å²) in [5.41, 5.74) is 0.975. The third-order valence-corrected chi connectivity index (χ3v) is 3.08. The average Bonchev–Trinajstić information content (AvgIpc) is 2.46. The molecule has 0 radical (unpaired) electrons. The van der Waals surface area contributed by atoms with Crippen LogP contribution in [0.25, 0.3) is 10.8 Å². The van der Waals surface area contributed by atoms with E-state index in [0.717, 1.165) is 37.1 Å². The third kappa shape index (κ3) is 3.21. The standard InChI is InChI=1S/C14H17N3O3/c1-20-9-3-2-7-16-13-4-5-14(17(18)19)12-10-15-8-6-11(12)13/h4-6,8,10,16H,2-3,7,9H2,1H3.